The van der Waals surface area contributed by atoms with Crippen LogP contribution in [0.5, 0.6) is 0 Å². The van der Waals surface area contributed by atoms with Crippen molar-refractivity contribution in [2.75, 3.05) is 4.90 Å². The molecule has 1 aliphatic rings. The first-order chi connectivity index (χ1) is 12.1. The van der Waals surface area contributed by atoms with Gasteiger partial charge in [-0.15, -0.1) is 5.10 Å². The number of aryl methyl sites for hydroxylation is 1. The zero-order valence-corrected chi connectivity index (χ0v) is 13.7. The summed E-state index contributed by atoms with van der Waals surface area (Å²) >= 11 is 0. The van der Waals surface area contributed by atoms with Crippen molar-refractivity contribution >= 4 is 23.5 Å². The molecule has 0 aliphatic carbocycles. The summed E-state index contributed by atoms with van der Waals surface area (Å²) in [5.41, 5.74) is 0.772. The molecule has 25 heavy (non-hydrogen) atoms. The maximum atomic E-state index is 12.1. The molecule has 2 amide bonds. The van der Waals surface area contributed by atoms with E-state index < -0.39 is 5.97 Å². The minimum Gasteiger partial charge on any atom is -0.454 e. The van der Waals surface area contributed by atoms with Crippen molar-refractivity contribution in [1.82, 2.24) is 20.2 Å². The third-order valence-corrected chi connectivity index (χ3v) is 3.79. The van der Waals surface area contributed by atoms with Crippen LogP contribution in [-0.2, 0) is 27.5 Å². The molecule has 2 aromatic rings. The molecule has 130 valence electrons. The summed E-state index contributed by atoms with van der Waals surface area (Å²) in [5.74, 6) is -0.525. The van der Waals surface area contributed by atoms with Crippen LogP contribution in [0.25, 0.3) is 0 Å². The number of tetrazole rings is 1. The number of carbonyl (C=O) groups is 3. The van der Waals surface area contributed by atoms with Crippen LogP contribution in [-0.4, -0.2) is 38.0 Å². The van der Waals surface area contributed by atoms with Gasteiger partial charge >= 0.3 is 5.97 Å². The van der Waals surface area contributed by atoms with Gasteiger partial charge in [0.05, 0.1) is 11.3 Å². The van der Waals surface area contributed by atoms with Crippen LogP contribution in [0.1, 0.15) is 42.4 Å². The van der Waals surface area contributed by atoms with E-state index in [1.165, 1.54) is 12.1 Å². The summed E-state index contributed by atoms with van der Waals surface area (Å²) in [6.07, 6.45) is 1.30. The van der Waals surface area contributed by atoms with E-state index in [9.17, 15) is 14.4 Å². The number of hydrogen-bond acceptors (Lipinski definition) is 7. The Hall–Kier alpha value is -3.10. The number of carbonyl (C=O) groups excluding carboxylic acids is 3. The lowest BCUT2D eigenvalue weighted by Gasteiger charge is -2.14. The van der Waals surface area contributed by atoms with Gasteiger partial charge in [-0.05, 0) is 41.1 Å². The van der Waals surface area contributed by atoms with Crippen LogP contribution < -0.4 is 4.90 Å². The largest absolute Gasteiger partial charge is 0.454 e. The molecular weight excluding hydrogens is 326 g/mol. The highest BCUT2D eigenvalue weighted by molar-refractivity contribution is 6.19. The number of esters is 1. The molecule has 2 heterocycles. The highest BCUT2D eigenvalue weighted by Crippen LogP contribution is 2.23. The Bertz CT molecular complexity index is 783. The second-order valence-corrected chi connectivity index (χ2v) is 5.56. The zero-order valence-electron chi connectivity index (χ0n) is 13.7. The van der Waals surface area contributed by atoms with Crippen molar-refractivity contribution in [3.8, 4) is 0 Å². The Morgan fingerprint density at radius 1 is 1.16 bits per heavy atom. The summed E-state index contributed by atoms with van der Waals surface area (Å²) in [4.78, 5) is 36.7. The topological polar surface area (TPSA) is 107 Å². The van der Waals surface area contributed by atoms with E-state index in [4.69, 9.17) is 4.74 Å². The number of anilines is 1. The van der Waals surface area contributed by atoms with Gasteiger partial charge < -0.3 is 4.74 Å². The smallest absolute Gasteiger partial charge is 0.338 e. The summed E-state index contributed by atoms with van der Waals surface area (Å²) in [6.45, 7) is 2.61. The molecule has 0 N–H and O–H groups in total. The zero-order chi connectivity index (χ0) is 17.8. The van der Waals surface area contributed by atoms with E-state index in [0.717, 1.165) is 11.3 Å². The van der Waals surface area contributed by atoms with Gasteiger partial charge in [-0.1, -0.05) is 6.92 Å². The fraction of sp³-hybridized carbons (Fsp3) is 0.375. The molecule has 1 fully saturated rings. The van der Waals surface area contributed by atoms with Crippen LogP contribution in [0.4, 0.5) is 5.69 Å². The number of nitrogens with zero attached hydrogens (tertiary/aromatic N) is 5. The van der Waals surface area contributed by atoms with Crippen molar-refractivity contribution in [3.05, 3.63) is 35.7 Å². The Morgan fingerprint density at radius 3 is 2.48 bits per heavy atom. The van der Waals surface area contributed by atoms with Crippen molar-refractivity contribution in [3.63, 3.8) is 0 Å². The molecule has 3 rings (SSSR count). The molecule has 0 atom stereocenters. The Kier molecular flexibility index (Phi) is 4.82. The fourth-order valence-electron chi connectivity index (χ4n) is 2.54. The lowest BCUT2D eigenvalue weighted by Crippen LogP contribution is -2.28. The minimum absolute atomic E-state index is 0.0311. The average molecular weight is 343 g/mol. The van der Waals surface area contributed by atoms with Gasteiger partial charge in [0.15, 0.2) is 12.4 Å². The number of aromatic nitrogens is 4. The third-order valence-electron chi connectivity index (χ3n) is 3.79. The van der Waals surface area contributed by atoms with Crippen molar-refractivity contribution in [1.29, 1.82) is 0 Å². The van der Waals surface area contributed by atoms with Crippen LogP contribution in [0, 0.1) is 0 Å². The monoisotopic (exact) mass is 343 g/mol. The minimum atomic E-state index is -0.531. The molecule has 0 radical (unpaired) electrons. The van der Waals surface area contributed by atoms with Crippen molar-refractivity contribution in [2.45, 2.75) is 39.3 Å². The Labute approximate surface area is 143 Å². The number of ether oxygens (including phenoxy) is 1. The lowest BCUT2D eigenvalue weighted by atomic mass is 10.2. The van der Waals surface area contributed by atoms with Crippen LogP contribution in [0.15, 0.2) is 24.3 Å². The van der Waals surface area contributed by atoms with E-state index in [-0.39, 0.29) is 31.3 Å². The van der Waals surface area contributed by atoms with Gasteiger partial charge in [0.2, 0.25) is 11.8 Å². The maximum absolute atomic E-state index is 12.1. The first kappa shape index (κ1) is 16.7. The van der Waals surface area contributed by atoms with E-state index in [2.05, 4.69) is 15.5 Å². The molecular formula is C16H17N5O4. The predicted molar refractivity (Wildman–Crippen MR) is 85.4 cm³/mol. The van der Waals surface area contributed by atoms with Crippen LogP contribution in [0.2, 0.25) is 0 Å². The van der Waals surface area contributed by atoms with Gasteiger partial charge in [-0.25, -0.2) is 9.48 Å². The van der Waals surface area contributed by atoms with E-state index in [1.54, 1.807) is 16.8 Å². The molecule has 0 spiro atoms. The first-order valence-corrected chi connectivity index (χ1v) is 7.98. The number of amides is 2. The third kappa shape index (κ3) is 3.54. The summed E-state index contributed by atoms with van der Waals surface area (Å²) in [7, 11) is 0. The fourth-order valence-corrected chi connectivity index (χ4v) is 2.54. The maximum Gasteiger partial charge on any atom is 0.338 e. The standard InChI is InChI=1S/C16H17N5O4/c1-2-9-20-13(17-18-19-20)10-25-16(24)11-3-5-12(6-4-11)21-14(22)7-8-15(21)23/h3-6H,2,7-10H2,1H3. The van der Waals surface area contributed by atoms with Crippen LogP contribution in [0.3, 0.4) is 0 Å². The molecule has 9 nitrogen and oxygen atoms in total. The number of hydrogen-bond donors (Lipinski definition) is 0. The number of rotatable bonds is 6. The average Bonchev–Trinajstić information content (AvgIpc) is 3.19. The van der Waals surface area contributed by atoms with Crippen LogP contribution >= 0.6 is 0 Å². The van der Waals surface area contributed by atoms with Gasteiger partial charge in [0, 0.05) is 19.4 Å². The predicted octanol–water partition coefficient (Wildman–Crippen LogP) is 1.09. The lowest BCUT2D eigenvalue weighted by molar-refractivity contribution is -0.121. The Balaban J connectivity index is 1.64. The molecule has 1 aromatic carbocycles. The summed E-state index contributed by atoms with van der Waals surface area (Å²) < 4.78 is 6.80. The number of benzene rings is 1. The first-order valence-electron chi connectivity index (χ1n) is 7.98. The van der Waals surface area contributed by atoms with Gasteiger partial charge in [0.25, 0.3) is 0 Å². The normalized spacial score (nSPS) is 14.2. The SMILES string of the molecule is CCCn1nnnc1COC(=O)c1ccc(N2C(=O)CCC2=O)cc1. The molecule has 9 heteroatoms. The molecule has 1 aromatic heterocycles. The summed E-state index contributed by atoms with van der Waals surface area (Å²) in [6, 6.07) is 6.15. The van der Waals surface area contributed by atoms with E-state index in [0.29, 0.717) is 23.6 Å². The highest BCUT2D eigenvalue weighted by atomic mass is 16.5. The van der Waals surface area contributed by atoms with Gasteiger partial charge in [-0.2, -0.15) is 0 Å². The van der Waals surface area contributed by atoms with E-state index >= 15 is 0 Å². The van der Waals surface area contributed by atoms with Gasteiger partial charge in [0.1, 0.15) is 0 Å². The van der Waals surface area contributed by atoms with E-state index in [1.807, 2.05) is 6.92 Å². The van der Waals surface area contributed by atoms with Crippen molar-refractivity contribution in [2.24, 2.45) is 0 Å². The molecule has 0 saturated carbocycles. The second kappa shape index (κ2) is 7.20. The molecule has 1 saturated heterocycles. The van der Waals surface area contributed by atoms with Gasteiger partial charge in [-0.3, -0.25) is 14.5 Å². The number of imide groups is 1. The Morgan fingerprint density at radius 2 is 1.84 bits per heavy atom. The van der Waals surface area contributed by atoms with Crippen molar-refractivity contribution < 1.29 is 19.1 Å². The molecule has 0 unspecified atom stereocenters. The summed E-state index contributed by atoms with van der Waals surface area (Å²) in [5, 5.41) is 11.2. The molecule has 0 bridgehead atoms. The quantitative estimate of drug-likeness (QED) is 0.571. The molecule has 1 aliphatic heterocycles. The second-order valence-electron chi connectivity index (χ2n) is 5.56. The highest BCUT2D eigenvalue weighted by Gasteiger charge is 2.30.